The van der Waals surface area contributed by atoms with Gasteiger partial charge in [-0.3, -0.25) is 0 Å². The van der Waals surface area contributed by atoms with E-state index < -0.39 is 10.2 Å². The fourth-order valence-corrected chi connectivity index (χ4v) is 4.94. The molecule has 1 heterocycles. The van der Waals surface area contributed by atoms with E-state index in [9.17, 15) is 8.42 Å². The highest BCUT2D eigenvalue weighted by Gasteiger charge is 2.30. The molecule has 2 aliphatic rings. The third-order valence-electron chi connectivity index (χ3n) is 4.96. The summed E-state index contributed by atoms with van der Waals surface area (Å²) in [7, 11) is -0.277. The molecule has 1 N–H and O–H groups in total. The van der Waals surface area contributed by atoms with Crippen molar-refractivity contribution in [3.63, 3.8) is 0 Å². The minimum Gasteiger partial charge on any atom is -0.493 e. The van der Waals surface area contributed by atoms with Gasteiger partial charge in [-0.2, -0.15) is 17.4 Å². The van der Waals surface area contributed by atoms with Crippen molar-refractivity contribution in [3.05, 3.63) is 18.2 Å². The molecule has 0 spiro atoms. The van der Waals surface area contributed by atoms with E-state index in [-0.39, 0.29) is 12.1 Å². The van der Waals surface area contributed by atoms with Gasteiger partial charge in [-0.05, 0) is 37.8 Å². The van der Waals surface area contributed by atoms with Gasteiger partial charge in [-0.25, -0.2) is 0 Å². The summed E-state index contributed by atoms with van der Waals surface area (Å²) in [5, 5.41) is 0. The molecule has 1 aromatic carbocycles. The van der Waals surface area contributed by atoms with Crippen molar-refractivity contribution in [1.82, 2.24) is 9.03 Å². The van der Waals surface area contributed by atoms with E-state index >= 15 is 0 Å². The molecule has 27 heavy (non-hydrogen) atoms. The Balaban J connectivity index is 1.53. The maximum Gasteiger partial charge on any atom is 0.279 e. The molecular formula is C18H28N2O6S. The Kier molecular flexibility index (Phi) is 6.80. The van der Waals surface area contributed by atoms with Gasteiger partial charge >= 0.3 is 0 Å². The Morgan fingerprint density at radius 3 is 2.33 bits per heavy atom. The van der Waals surface area contributed by atoms with Crippen molar-refractivity contribution < 1.29 is 27.4 Å². The molecule has 0 amide bonds. The van der Waals surface area contributed by atoms with Crippen LogP contribution in [0.2, 0.25) is 0 Å². The summed E-state index contributed by atoms with van der Waals surface area (Å²) in [5.41, 5.74) is 0. The molecule has 8 nitrogen and oxygen atoms in total. The van der Waals surface area contributed by atoms with Crippen molar-refractivity contribution >= 4 is 10.2 Å². The van der Waals surface area contributed by atoms with Gasteiger partial charge in [0.15, 0.2) is 11.5 Å². The first kappa shape index (κ1) is 20.2. The number of nitrogens with zero attached hydrogens (tertiary/aromatic N) is 1. The van der Waals surface area contributed by atoms with E-state index in [1.54, 1.807) is 14.2 Å². The molecule has 0 atom stereocenters. The number of ether oxygens (including phenoxy) is 4. The van der Waals surface area contributed by atoms with Crippen LogP contribution >= 0.6 is 0 Å². The number of morpholine rings is 1. The molecule has 0 radical (unpaired) electrons. The van der Waals surface area contributed by atoms with Crippen LogP contribution < -0.4 is 18.9 Å². The minimum atomic E-state index is -3.45. The monoisotopic (exact) mass is 400 g/mol. The van der Waals surface area contributed by atoms with Crippen LogP contribution in [0, 0.1) is 0 Å². The second kappa shape index (κ2) is 9.09. The summed E-state index contributed by atoms with van der Waals surface area (Å²) in [6, 6.07) is 5.47. The summed E-state index contributed by atoms with van der Waals surface area (Å²) < 4.78 is 51.3. The van der Waals surface area contributed by atoms with Crippen molar-refractivity contribution in [3.8, 4) is 17.2 Å². The molecule has 0 aromatic heterocycles. The molecule has 1 saturated heterocycles. The second-order valence-corrected chi connectivity index (χ2v) is 8.42. The Bertz CT molecular complexity index is 713. The first-order valence-corrected chi connectivity index (χ1v) is 10.7. The first-order chi connectivity index (χ1) is 13.0. The third-order valence-corrected chi connectivity index (χ3v) is 6.64. The molecule has 1 aliphatic heterocycles. The molecule has 1 aromatic rings. The summed E-state index contributed by atoms with van der Waals surface area (Å²) in [6.45, 7) is 1.71. The van der Waals surface area contributed by atoms with E-state index in [1.165, 1.54) is 4.31 Å². The smallest absolute Gasteiger partial charge is 0.279 e. The largest absolute Gasteiger partial charge is 0.493 e. The number of para-hydroxylation sites is 1. The lowest BCUT2D eigenvalue weighted by atomic mass is 9.93. The molecular weight excluding hydrogens is 372 g/mol. The van der Waals surface area contributed by atoms with E-state index in [4.69, 9.17) is 18.9 Å². The number of benzene rings is 1. The molecule has 9 heteroatoms. The lowest BCUT2D eigenvalue weighted by Crippen LogP contribution is -2.50. The predicted octanol–water partition coefficient (Wildman–Crippen LogP) is 1.56. The lowest BCUT2D eigenvalue weighted by Gasteiger charge is -2.32. The van der Waals surface area contributed by atoms with E-state index in [0.29, 0.717) is 43.6 Å². The quantitative estimate of drug-likeness (QED) is 0.748. The lowest BCUT2D eigenvalue weighted by molar-refractivity contribution is 0.0719. The number of methoxy groups -OCH3 is 2. The topological polar surface area (TPSA) is 86.3 Å². The van der Waals surface area contributed by atoms with Gasteiger partial charge in [0.25, 0.3) is 10.2 Å². The first-order valence-electron chi connectivity index (χ1n) is 9.26. The van der Waals surface area contributed by atoms with Gasteiger partial charge in [0.05, 0.1) is 33.5 Å². The van der Waals surface area contributed by atoms with Crippen LogP contribution in [0.4, 0.5) is 0 Å². The maximum atomic E-state index is 12.5. The second-order valence-electron chi connectivity index (χ2n) is 6.72. The Hall–Kier alpha value is -1.55. The Labute approximate surface area is 160 Å². The summed E-state index contributed by atoms with van der Waals surface area (Å²) in [6.07, 6.45) is 3.05. The number of nitrogens with one attached hydrogen (secondary N) is 1. The number of hydrogen-bond acceptors (Lipinski definition) is 6. The van der Waals surface area contributed by atoms with Crippen LogP contribution in [0.25, 0.3) is 0 Å². The van der Waals surface area contributed by atoms with Gasteiger partial charge in [0.2, 0.25) is 5.75 Å². The van der Waals surface area contributed by atoms with Crippen LogP contribution in [-0.2, 0) is 14.9 Å². The highest BCUT2D eigenvalue weighted by atomic mass is 32.2. The zero-order valence-electron chi connectivity index (χ0n) is 15.8. The van der Waals surface area contributed by atoms with Gasteiger partial charge in [0, 0.05) is 19.1 Å². The van der Waals surface area contributed by atoms with Crippen LogP contribution in [-0.4, -0.2) is 65.4 Å². The highest BCUT2D eigenvalue weighted by molar-refractivity contribution is 7.87. The van der Waals surface area contributed by atoms with Gasteiger partial charge in [0.1, 0.15) is 0 Å². The van der Waals surface area contributed by atoms with Gasteiger partial charge in [-0.1, -0.05) is 6.07 Å². The molecule has 1 saturated carbocycles. The normalized spacial score (nSPS) is 24.4. The molecule has 1 aliphatic carbocycles. The molecule has 152 valence electrons. The molecule has 2 fully saturated rings. The summed E-state index contributed by atoms with van der Waals surface area (Å²) >= 11 is 0. The van der Waals surface area contributed by atoms with Gasteiger partial charge in [-0.15, -0.1) is 0 Å². The summed E-state index contributed by atoms with van der Waals surface area (Å²) in [4.78, 5) is 0. The Morgan fingerprint density at radius 1 is 1.04 bits per heavy atom. The predicted molar refractivity (Wildman–Crippen MR) is 101 cm³/mol. The van der Waals surface area contributed by atoms with Crippen LogP contribution in [0.1, 0.15) is 25.7 Å². The average molecular weight is 400 g/mol. The zero-order chi connectivity index (χ0) is 19.3. The van der Waals surface area contributed by atoms with Crippen molar-refractivity contribution in [2.75, 3.05) is 40.5 Å². The van der Waals surface area contributed by atoms with Crippen LogP contribution in [0.5, 0.6) is 17.2 Å². The van der Waals surface area contributed by atoms with Crippen molar-refractivity contribution in [1.29, 1.82) is 0 Å². The number of hydrogen-bond donors (Lipinski definition) is 1. The highest BCUT2D eigenvalue weighted by Crippen LogP contribution is 2.38. The Morgan fingerprint density at radius 2 is 1.70 bits per heavy atom. The minimum absolute atomic E-state index is 0.0233. The van der Waals surface area contributed by atoms with E-state index in [0.717, 1.165) is 25.7 Å². The fraction of sp³-hybridized carbons (Fsp3) is 0.667. The van der Waals surface area contributed by atoms with E-state index in [1.807, 2.05) is 18.2 Å². The van der Waals surface area contributed by atoms with Crippen LogP contribution in [0.15, 0.2) is 18.2 Å². The fourth-order valence-electron chi connectivity index (χ4n) is 3.50. The average Bonchev–Trinajstić information content (AvgIpc) is 2.69. The standard InChI is InChI=1S/C18H28N2O6S/c1-23-16-4-3-5-17(18(16)24-2)26-15-8-6-14(7-9-15)19-27(21,22)20-10-12-25-13-11-20/h3-5,14-15,19H,6-13H2,1-2H3. The molecule has 0 bridgehead atoms. The van der Waals surface area contributed by atoms with E-state index in [2.05, 4.69) is 4.72 Å². The van der Waals surface area contributed by atoms with Crippen LogP contribution in [0.3, 0.4) is 0 Å². The third kappa shape index (κ3) is 5.04. The van der Waals surface area contributed by atoms with Crippen molar-refractivity contribution in [2.45, 2.75) is 37.8 Å². The molecule has 0 unspecified atom stereocenters. The van der Waals surface area contributed by atoms with Gasteiger partial charge < -0.3 is 18.9 Å². The molecule has 3 rings (SSSR count). The SMILES string of the molecule is COc1cccc(OC2CCC(NS(=O)(=O)N3CCOCC3)CC2)c1OC. The van der Waals surface area contributed by atoms with Crippen molar-refractivity contribution in [2.24, 2.45) is 0 Å². The summed E-state index contributed by atoms with van der Waals surface area (Å²) in [5.74, 6) is 1.85. The zero-order valence-corrected chi connectivity index (χ0v) is 16.7. The maximum absolute atomic E-state index is 12.5. The number of rotatable bonds is 7.